The van der Waals surface area contributed by atoms with Gasteiger partial charge in [0.2, 0.25) is 0 Å². The Labute approximate surface area is 171 Å². The van der Waals surface area contributed by atoms with E-state index in [0.29, 0.717) is 6.61 Å². The SMILES string of the molecule is C=CCOc1c(I)cc(C=NNC(=O)c2cccnc2Cl)cc1I. The van der Waals surface area contributed by atoms with E-state index in [0.717, 1.165) is 18.5 Å². The number of hydrogen-bond donors (Lipinski definition) is 1. The fourth-order valence-corrected chi connectivity index (χ4v) is 4.05. The predicted molar refractivity (Wildman–Crippen MR) is 112 cm³/mol. The third-order valence-electron chi connectivity index (χ3n) is 2.75. The number of aromatic nitrogens is 1. The van der Waals surface area contributed by atoms with Crippen molar-refractivity contribution in [3.05, 3.63) is 66.5 Å². The lowest BCUT2D eigenvalue weighted by Crippen LogP contribution is -2.18. The summed E-state index contributed by atoms with van der Waals surface area (Å²) < 4.78 is 7.51. The Kier molecular flexibility index (Phi) is 7.43. The lowest BCUT2D eigenvalue weighted by molar-refractivity contribution is 0.0955. The van der Waals surface area contributed by atoms with E-state index in [-0.39, 0.29) is 10.7 Å². The Morgan fingerprint density at radius 3 is 2.75 bits per heavy atom. The minimum Gasteiger partial charge on any atom is -0.487 e. The number of benzene rings is 1. The normalized spacial score (nSPS) is 10.6. The van der Waals surface area contributed by atoms with Crippen LogP contribution in [0.1, 0.15) is 15.9 Å². The molecule has 0 spiro atoms. The van der Waals surface area contributed by atoms with E-state index in [4.69, 9.17) is 16.3 Å². The van der Waals surface area contributed by atoms with Gasteiger partial charge in [0.15, 0.2) is 0 Å². The van der Waals surface area contributed by atoms with Crippen molar-refractivity contribution in [3.8, 4) is 5.75 Å². The molecule has 2 aromatic rings. The van der Waals surface area contributed by atoms with Gasteiger partial charge in [0.25, 0.3) is 5.91 Å². The summed E-state index contributed by atoms with van der Waals surface area (Å²) in [7, 11) is 0. The molecule has 1 aromatic heterocycles. The van der Waals surface area contributed by atoms with Crippen molar-refractivity contribution < 1.29 is 9.53 Å². The van der Waals surface area contributed by atoms with Crippen molar-refractivity contribution in [2.75, 3.05) is 6.61 Å². The van der Waals surface area contributed by atoms with Gasteiger partial charge in [-0.15, -0.1) is 0 Å². The first kappa shape index (κ1) is 19.1. The molecule has 0 saturated heterocycles. The molecule has 0 aliphatic heterocycles. The summed E-state index contributed by atoms with van der Waals surface area (Å²) in [6, 6.07) is 7.04. The van der Waals surface area contributed by atoms with Crippen molar-refractivity contribution in [2.24, 2.45) is 5.10 Å². The van der Waals surface area contributed by atoms with Gasteiger partial charge in [0.1, 0.15) is 17.5 Å². The molecule has 8 heteroatoms. The van der Waals surface area contributed by atoms with Crippen LogP contribution >= 0.6 is 56.8 Å². The molecule has 0 bridgehead atoms. The van der Waals surface area contributed by atoms with E-state index >= 15 is 0 Å². The highest BCUT2D eigenvalue weighted by Crippen LogP contribution is 2.28. The van der Waals surface area contributed by atoms with Crippen molar-refractivity contribution in [3.63, 3.8) is 0 Å². The van der Waals surface area contributed by atoms with Gasteiger partial charge in [-0.2, -0.15) is 5.10 Å². The van der Waals surface area contributed by atoms with Crippen molar-refractivity contribution in [2.45, 2.75) is 0 Å². The van der Waals surface area contributed by atoms with E-state index in [9.17, 15) is 4.79 Å². The van der Waals surface area contributed by atoms with E-state index < -0.39 is 5.91 Å². The molecule has 1 N–H and O–H groups in total. The molecule has 24 heavy (non-hydrogen) atoms. The predicted octanol–water partition coefficient (Wildman–Crippen LogP) is 4.27. The second-order valence-electron chi connectivity index (χ2n) is 4.45. The molecule has 1 amide bonds. The lowest BCUT2D eigenvalue weighted by Gasteiger charge is -2.09. The van der Waals surface area contributed by atoms with Crippen LogP contribution in [-0.2, 0) is 0 Å². The van der Waals surface area contributed by atoms with E-state index in [1.165, 1.54) is 6.20 Å². The Bertz CT molecular complexity index is 774. The van der Waals surface area contributed by atoms with Crippen LogP contribution in [0.3, 0.4) is 0 Å². The first-order valence-electron chi connectivity index (χ1n) is 6.69. The number of hydrogen-bond acceptors (Lipinski definition) is 4. The van der Waals surface area contributed by atoms with Crippen LogP contribution in [-0.4, -0.2) is 23.7 Å². The van der Waals surface area contributed by atoms with Gasteiger partial charge in [-0.25, -0.2) is 10.4 Å². The topological polar surface area (TPSA) is 63.6 Å². The summed E-state index contributed by atoms with van der Waals surface area (Å²) in [4.78, 5) is 15.8. The number of carbonyl (C=O) groups is 1. The number of rotatable bonds is 6. The summed E-state index contributed by atoms with van der Waals surface area (Å²) in [6.45, 7) is 4.08. The minimum absolute atomic E-state index is 0.137. The fourth-order valence-electron chi connectivity index (χ4n) is 1.72. The molecule has 1 aromatic carbocycles. The summed E-state index contributed by atoms with van der Waals surface area (Å²) >= 11 is 10.3. The first-order chi connectivity index (χ1) is 11.5. The van der Waals surface area contributed by atoms with Gasteiger partial charge in [-0.1, -0.05) is 24.3 Å². The average molecular weight is 568 g/mol. The molecule has 0 radical (unpaired) electrons. The number of halogens is 3. The molecule has 124 valence electrons. The van der Waals surface area contributed by atoms with Crippen LogP contribution < -0.4 is 10.2 Å². The number of nitrogens with one attached hydrogen (secondary N) is 1. The maximum atomic E-state index is 12.0. The van der Waals surface area contributed by atoms with E-state index in [1.54, 1.807) is 24.4 Å². The molecule has 0 atom stereocenters. The maximum absolute atomic E-state index is 12.0. The summed E-state index contributed by atoms with van der Waals surface area (Å²) in [5.41, 5.74) is 3.54. The van der Waals surface area contributed by atoms with E-state index in [2.05, 4.69) is 67.3 Å². The molecule has 2 rings (SSSR count). The summed E-state index contributed by atoms with van der Waals surface area (Å²) in [6.07, 6.45) is 4.77. The number of hydrazone groups is 1. The number of amides is 1. The number of nitrogens with zero attached hydrogens (tertiary/aromatic N) is 2. The zero-order chi connectivity index (χ0) is 17.5. The minimum atomic E-state index is -0.417. The van der Waals surface area contributed by atoms with Crippen LogP contribution in [0.4, 0.5) is 0 Å². The molecule has 0 fully saturated rings. The average Bonchev–Trinajstić information content (AvgIpc) is 2.54. The third-order valence-corrected chi connectivity index (χ3v) is 4.65. The fraction of sp³-hybridized carbons (Fsp3) is 0.0625. The van der Waals surface area contributed by atoms with Gasteiger partial charge in [-0.05, 0) is 75.0 Å². The Balaban J connectivity index is 2.08. The van der Waals surface area contributed by atoms with Crippen molar-refractivity contribution in [1.82, 2.24) is 10.4 Å². The quantitative estimate of drug-likeness (QED) is 0.187. The second-order valence-corrected chi connectivity index (χ2v) is 7.14. The van der Waals surface area contributed by atoms with E-state index in [1.807, 2.05) is 12.1 Å². The Morgan fingerprint density at radius 2 is 2.12 bits per heavy atom. The molecule has 1 heterocycles. The van der Waals surface area contributed by atoms with Gasteiger partial charge < -0.3 is 4.74 Å². The molecule has 0 saturated carbocycles. The largest absolute Gasteiger partial charge is 0.487 e. The molecule has 5 nitrogen and oxygen atoms in total. The van der Waals surface area contributed by atoms with Gasteiger partial charge in [0, 0.05) is 6.20 Å². The van der Waals surface area contributed by atoms with Crippen LogP contribution in [0.15, 0.2) is 48.2 Å². The summed E-state index contributed by atoms with van der Waals surface area (Å²) in [5, 5.41) is 4.10. The number of pyridine rings is 1. The maximum Gasteiger partial charge on any atom is 0.274 e. The first-order valence-corrected chi connectivity index (χ1v) is 9.23. The van der Waals surface area contributed by atoms with Gasteiger partial charge >= 0.3 is 0 Å². The smallest absolute Gasteiger partial charge is 0.274 e. The Hall–Kier alpha value is -1.20. The zero-order valence-electron chi connectivity index (χ0n) is 12.3. The molecular weight excluding hydrogens is 555 g/mol. The molecule has 0 unspecified atom stereocenters. The van der Waals surface area contributed by atoms with Crippen LogP contribution in [0.5, 0.6) is 5.75 Å². The van der Waals surface area contributed by atoms with Crippen LogP contribution in [0, 0.1) is 7.14 Å². The lowest BCUT2D eigenvalue weighted by atomic mass is 10.2. The number of ether oxygens (including phenoxy) is 1. The number of carbonyl (C=O) groups excluding carboxylic acids is 1. The van der Waals surface area contributed by atoms with Gasteiger partial charge in [0.05, 0.1) is 18.9 Å². The molecule has 0 aliphatic carbocycles. The molecule has 0 aliphatic rings. The summed E-state index contributed by atoms with van der Waals surface area (Å²) in [5.74, 6) is 0.388. The highest BCUT2D eigenvalue weighted by molar-refractivity contribution is 14.1. The monoisotopic (exact) mass is 567 g/mol. The standard InChI is InChI=1S/C16H12ClI2N3O2/c1-2-6-24-14-12(18)7-10(8-13(14)19)9-21-22-16(23)11-4-3-5-20-15(11)17/h2-5,7-9H,1,6H2,(H,22,23). The Morgan fingerprint density at radius 1 is 1.42 bits per heavy atom. The highest BCUT2D eigenvalue weighted by Gasteiger charge is 2.10. The van der Waals surface area contributed by atoms with Crippen LogP contribution in [0.2, 0.25) is 5.15 Å². The van der Waals surface area contributed by atoms with Crippen LogP contribution in [0.25, 0.3) is 0 Å². The van der Waals surface area contributed by atoms with Gasteiger partial charge in [-0.3, -0.25) is 4.79 Å². The van der Waals surface area contributed by atoms with Crippen molar-refractivity contribution >= 4 is 68.9 Å². The highest BCUT2D eigenvalue weighted by atomic mass is 127. The van der Waals surface area contributed by atoms with Crippen molar-refractivity contribution in [1.29, 1.82) is 0 Å². The molecular formula is C16H12ClI2N3O2. The zero-order valence-corrected chi connectivity index (χ0v) is 17.4. The second kappa shape index (κ2) is 9.33. The third kappa shape index (κ3) is 5.15.